The van der Waals surface area contributed by atoms with Gasteiger partial charge in [-0.1, -0.05) is 45.1 Å². The van der Waals surface area contributed by atoms with E-state index in [9.17, 15) is 9.59 Å². The number of unbranched alkanes of at least 4 members (excludes halogenated alkanes) is 1. The van der Waals surface area contributed by atoms with Crippen molar-refractivity contribution >= 4 is 23.2 Å². The van der Waals surface area contributed by atoms with E-state index >= 15 is 0 Å². The molecular weight excluding hydrogens is 378 g/mol. The molecule has 166 valence electrons. The molecule has 1 saturated heterocycles. The van der Waals surface area contributed by atoms with E-state index in [0.717, 1.165) is 50.1 Å². The summed E-state index contributed by atoms with van der Waals surface area (Å²) < 4.78 is 5.77. The Labute approximate surface area is 180 Å². The summed E-state index contributed by atoms with van der Waals surface area (Å²) in [4.78, 5) is 27.7. The molecule has 0 radical (unpaired) electrons. The molecule has 6 heteroatoms. The molecule has 1 aromatic rings. The van der Waals surface area contributed by atoms with Gasteiger partial charge in [-0.2, -0.15) is 0 Å². The summed E-state index contributed by atoms with van der Waals surface area (Å²) in [6.45, 7) is 4.24. The molecule has 0 spiro atoms. The van der Waals surface area contributed by atoms with Gasteiger partial charge >= 0.3 is 0 Å². The van der Waals surface area contributed by atoms with Crippen molar-refractivity contribution in [1.82, 2.24) is 5.32 Å². The number of benzene rings is 1. The van der Waals surface area contributed by atoms with Crippen LogP contribution in [0.15, 0.2) is 24.3 Å². The molecule has 1 saturated carbocycles. The first-order valence-electron chi connectivity index (χ1n) is 11.7. The molecule has 1 heterocycles. The fourth-order valence-electron chi connectivity index (χ4n) is 4.32. The Morgan fingerprint density at radius 2 is 1.90 bits per heavy atom. The van der Waals surface area contributed by atoms with Gasteiger partial charge in [0.2, 0.25) is 11.8 Å². The first-order chi connectivity index (χ1) is 14.7. The molecule has 2 N–H and O–H groups in total. The molecule has 1 aromatic carbocycles. The highest BCUT2D eigenvalue weighted by Gasteiger charge is 2.22. The van der Waals surface area contributed by atoms with Gasteiger partial charge in [0.15, 0.2) is 0 Å². The van der Waals surface area contributed by atoms with Gasteiger partial charge < -0.3 is 20.3 Å². The van der Waals surface area contributed by atoms with Crippen molar-refractivity contribution in [2.45, 2.75) is 83.3 Å². The molecule has 1 unspecified atom stereocenters. The second-order valence-electron chi connectivity index (χ2n) is 8.57. The van der Waals surface area contributed by atoms with E-state index in [0.29, 0.717) is 6.42 Å². The van der Waals surface area contributed by atoms with Crippen LogP contribution < -0.4 is 15.5 Å². The second kappa shape index (κ2) is 11.9. The average molecular weight is 416 g/mol. The van der Waals surface area contributed by atoms with Gasteiger partial charge in [-0.3, -0.25) is 9.59 Å². The van der Waals surface area contributed by atoms with E-state index in [1.54, 1.807) is 0 Å². The molecular formula is C24H37N3O3. The molecule has 1 aliphatic heterocycles. The molecule has 6 nitrogen and oxygen atoms in total. The zero-order valence-corrected chi connectivity index (χ0v) is 18.3. The highest BCUT2D eigenvalue weighted by molar-refractivity contribution is 5.97. The third-order valence-corrected chi connectivity index (χ3v) is 6.09. The van der Waals surface area contributed by atoms with Crippen LogP contribution in [0.5, 0.6) is 0 Å². The average Bonchev–Trinajstić information content (AvgIpc) is 3.31. The minimum absolute atomic E-state index is 0.0328. The summed E-state index contributed by atoms with van der Waals surface area (Å²) in [5.74, 6) is -0.365. The second-order valence-corrected chi connectivity index (χ2v) is 8.57. The predicted octanol–water partition coefficient (Wildman–Crippen LogP) is 4.25. The summed E-state index contributed by atoms with van der Waals surface area (Å²) in [5, 5.41) is 5.90. The molecule has 2 fully saturated rings. The van der Waals surface area contributed by atoms with E-state index in [2.05, 4.69) is 28.5 Å². The summed E-state index contributed by atoms with van der Waals surface area (Å²) >= 11 is 0. The van der Waals surface area contributed by atoms with Crippen LogP contribution in [0.4, 0.5) is 11.4 Å². The smallest absolute Gasteiger partial charge is 0.246 e. The van der Waals surface area contributed by atoms with Crippen molar-refractivity contribution in [3.05, 3.63) is 24.3 Å². The van der Waals surface area contributed by atoms with E-state index in [4.69, 9.17) is 4.74 Å². The zero-order chi connectivity index (χ0) is 21.2. The first-order valence-corrected chi connectivity index (χ1v) is 11.7. The van der Waals surface area contributed by atoms with Crippen molar-refractivity contribution in [3.8, 4) is 0 Å². The standard InChI is InChI=1S/C24H37N3O3/c1-2-3-14-22(26-23(28)18-30-21-12-5-4-6-13-21)24(29)25-19-10-9-11-20(17-19)27-15-7-8-16-27/h9-11,17,21-22H,2-8,12-16,18H2,1H3,(H,25,29)(H,26,28). The van der Waals surface area contributed by atoms with Crippen LogP contribution in [0.2, 0.25) is 0 Å². The van der Waals surface area contributed by atoms with Gasteiger partial charge in [-0.05, 0) is 50.3 Å². The van der Waals surface area contributed by atoms with E-state index < -0.39 is 6.04 Å². The lowest BCUT2D eigenvalue weighted by Crippen LogP contribution is -2.45. The minimum atomic E-state index is -0.539. The zero-order valence-electron chi connectivity index (χ0n) is 18.3. The van der Waals surface area contributed by atoms with Gasteiger partial charge in [0.05, 0.1) is 6.10 Å². The number of hydrogen-bond acceptors (Lipinski definition) is 4. The quantitative estimate of drug-likeness (QED) is 0.599. The van der Waals surface area contributed by atoms with E-state index in [1.807, 2.05) is 18.2 Å². The lowest BCUT2D eigenvalue weighted by Gasteiger charge is -2.23. The number of nitrogens with one attached hydrogen (secondary N) is 2. The fourth-order valence-corrected chi connectivity index (χ4v) is 4.32. The van der Waals surface area contributed by atoms with Crippen molar-refractivity contribution < 1.29 is 14.3 Å². The molecule has 2 aliphatic rings. The van der Waals surface area contributed by atoms with Crippen molar-refractivity contribution in [1.29, 1.82) is 0 Å². The number of amides is 2. The third kappa shape index (κ3) is 7.01. The monoisotopic (exact) mass is 415 g/mol. The summed E-state index contributed by atoms with van der Waals surface area (Å²) in [6.07, 6.45) is 10.7. The lowest BCUT2D eigenvalue weighted by molar-refractivity contribution is -0.132. The lowest BCUT2D eigenvalue weighted by atomic mass is 9.98. The summed E-state index contributed by atoms with van der Waals surface area (Å²) in [6, 6.07) is 7.44. The van der Waals surface area contributed by atoms with Gasteiger partial charge in [-0.15, -0.1) is 0 Å². The number of carbonyl (C=O) groups is 2. The first kappa shape index (κ1) is 22.6. The van der Waals surface area contributed by atoms with Crippen molar-refractivity contribution in [2.75, 3.05) is 29.9 Å². The van der Waals surface area contributed by atoms with Gasteiger partial charge in [0.25, 0.3) is 0 Å². The van der Waals surface area contributed by atoms with E-state index in [-0.39, 0.29) is 24.5 Å². The van der Waals surface area contributed by atoms with Gasteiger partial charge in [0.1, 0.15) is 12.6 Å². The van der Waals surface area contributed by atoms with Gasteiger partial charge in [0, 0.05) is 24.5 Å². The Bertz CT molecular complexity index is 682. The minimum Gasteiger partial charge on any atom is -0.371 e. The Hall–Kier alpha value is -2.08. The number of ether oxygens (including phenoxy) is 1. The van der Waals surface area contributed by atoms with Crippen LogP contribution in [0.25, 0.3) is 0 Å². The molecule has 3 rings (SSSR count). The maximum absolute atomic E-state index is 12.9. The largest absolute Gasteiger partial charge is 0.371 e. The van der Waals surface area contributed by atoms with Crippen LogP contribution in [0.1, 0.15) is 71.1 Å². The Kier molecular flexibility index (Phi) is 9.00. The molecule has 0 bridgehead atoms. The Balaban J connectivity index is 1.53. The maximum atomic E-state index is 12.9. The highest BCUT2D eigenvalue weighted by atomic mass is 16.5. The van der Waals surface area contributed by atoms with Crippen LogP contribution >= 0.6 is 0 Å². The van der Waals surface area contributed by atoms with Crippen LogP contribution in [0.3, 0.4) is 0 Å². The molecule has 0 aromatic heterocycles. The Morgan fingerprint density at radius 1 is 1.13 bits per heavy atom. The number of carbonyl (C=O) groups excluding carboxylic acids is 2. The fraction of sp³-hybridized carbons (Fsp3) is 0.667. The topological polar surface area (TPSA) is 70.7 Å². The third-order valence-electron chi connectivity index (χ3n) is 6.09. The van der Waals surface area contributed by atoms with Crippen molar-refractivity contribution in [2.24, 2.45) is 0 Å². The molecule has 2 amide bonds. The molecule has 30 heavy (non-hydrogen) atoms. The SMILES string of the molecule is CCCCC(NC(=O)COC1CCCCC1)C(=O)Nc1cccc(N2CCCC2)c1. The number of anilines is 2. The van der Waals surface area contributed by atoms with Crippen LogP contribution in [-0.2, 0) is 14.3 Å². The summed E-state index contributed by atoms with van der Waals surface area (Å²) in [5.41, 5.74) is 1.92. The molecule has 1 atom stereocenters. The van der Waals surface area contributed by atoms with Crippen molar-refractivity contribution in [3.63, 3.8) is 0 Å². The van der Waals surface area contributed by atoms with Gasteiger partial charge in [-0.25, -0.2) is 0 Å². The van der Waals surface area contributed by atoms with Crippen LogP contribution in [-0.4, -0.2) is 43.7 Å². The number of hydrogen-bond donors (Lipinski definition) is 2. The summed E-state index contributed by atoms with van der Waals surface area (Å²) in [7, 11) is 0. The number of rotatable bonds is 10. The molecule has 1 aliphatic carbocycles. The maximum Gasteiger partial charge on any atom is 0.246 e. The van der Waals surface area contributed by atoms with E-state index in [1.165, 1.54) is 32.1 Å². The number of nitrogens with zero attached hydrogens (tertiary/aromatic N) is 1. The Morgan fingerprint density at radius 3 is 2.63 bits per heavy atom. The normalized spacial score (nSPS) is 18.2. The predicted molar refractivity (Wildman–Crippen MR) is 121 cm³/mol. The van der Waals surface area contributed by atoms with Crippen LogP contribution in [0, 0.1) is 0 Å². The highest BCUT2D eigenvalue weighted by Crippen LogP contribution is 2.23.